The van der Waals surface area contributed by atoms with Crippen molar-refractivity contribution in [3.8, 4) is 5.75 Å². The lowest BCUT2D eigenvalue weighted by Crippen LogP contribution is -2.59. The van der Waals surface area contributed by atoms with E-state index < -0.39 is 66.3 Å². The van der Waals surface area contributed by atoms with Crippen LogP contribution in [0.5, 0.6) is 5.75 Å². The van der Waals surface area contributed by atoms with Gasteiger partial charge in [0.25, 0.3) is 0 Å². The van der Waals surface area contributed by atoms with E-state index in [4.69, 9.17) is 11.5 Å². The fourth-order valence-electron chi connectivity index (χ4n) is 4.31. The van der Waals surface area contributed by atoms with Gasteiger partial charge in [-0.05, 0) is 36.2 Å². The van der Waals surface area contributed by atoms with Gasteiger partial charge in [-0.25, -0.2) is 4.79 Å². The van der Waals surface area contributed by atoms with Crippen molar-refractivity contribution in [2.24, 2.45) is 11.5 Å². The maximum atomic E-state index is 13.6. The summed E-state index contributed by atoms with van der Waals surface area (Å²) in [6, 6.07) is 7.43. The molecule has 4 amide bonds. The molecule has 3 aromatic rings. The Kier molecular flexibility index (Phi) is 10.6. The number of rotatable bonds is 14. The van der Waals surface area contributed by atoms with Gasteiger partial charge in [-0.2, -0.15) is 0 Å². The average molecular weight is 583 g/mol. The fraction of sp³-hybridized carbons (Fsp3) is 0.321. The molecule has 42 heavy (non-hydrogen) atoms. The summed E-state index contributed by atoms with van der Waals surface area (Å²) in [5.74, 6) is -4.86. The Hall–Kier alpha value is -4.95. The van der Waals surface area contributed by atoms with E-state index in [1.54, 1.807) is 12.3 Å². The van der Waals surface area contributed by atoms with Crippen LogP contribution in [-0.2, 0) is 36.8 Å². The highest BCUT2D eigenvalue weighted by molar-refractivity contribution is 5.95. The zero-order chi connectivity index (χ0) is 31.0. The van der Waals surface area contributed by atoms with E-state index >= 15 is 0 Å². The molecule has 0 saturated heterocycles. The van der Waals surface area contributed by atoms with E-state index in [2.05, 4.69) is 20.9 Å². The van der Waals surface area contributed by atoms with Crippen LogP contribution in [0, 0.1) is 0 Å². The van der Waals surface area contributed by atoms with Gasteiger partial charge in [0.1, 0.15) is 17.8 Å². The SMILES string of the molecule is CC(O)C(NC(=O)C(Cc1c[nH]c2ccccc12)NC(=O)C(Cc1ccc(O)cc1)NC(=O)C(N)CC(N)=O)C(=O)O. The van der Waals surface area contributed by atoms with Gasteiger partial charge in [-0.3, -0.25) is 19.2 Å². The standard InChI is InChI=1S/C28H34N6O8/c1-14(35)24(28(41)42)34-27(40)22(11-16-13-31-20-5-3-2-4-18(16)20)33-26(39)21(10-15-6-8-17(36)9-7-15)32-25(38)19(29)12-23(30)37/h2-9,13-14,19,21-22,24,31,35-36H,10-12,29H2,1H3,(H2,30,37)(H,32,38)(H,33,39)(H,34,40)(H,41,42). The number of fused-ring (bicyclic) bond motifs is 1. The maximum absolute atomic E-state index is 13.6. The van der Waals surface area contributed by atoms with Crippen molar-refractivity contribution in [3.63, 3.8) is 0 Å². The van der Waals surface area contributed by atoms with Crippen LogP contribution in [0.3, 0.4) is 0 Å². The van der Waals surface area contributed by atoms with Crippen LogP contribution < -0.4 is 27.4 Å². The highest BCUT2D eigenvalue weighted by Crippen LogP contribution is 2.20. The molecule has 0 radical (unpaired) electrons. The summed E-state index contributed by atoms with van der Waals surface area (Å²) in [6.45, 7) is 1.20. The Labute approximate surface area is 240 Å². The number of aliphatic hydroxyl groups is 1. The van der Waals surface area contributed by atoms with Gasteiger partial charge in [0.05, 0.1) is 18.6 Å². The fourth-order valence-corrected chi connectivity index (χ4v) is 4.31. The third-order valence-electron chi connectivity index (χ3n) is 6.55. The number of nitrogens with one attached hydrogen (secondary N) is 4. The first-order valence-corrected chi connectivity index (χ1v) is 13.0. The molecule has 3 rings (SSSR count). The molecule has 0 fully saturated rings. The second kappa shape index (κ2) is 14.1. The van der Waals surface area contributed by atoms with E-state index in [9.17, 15) is 39.3 Å². The lowest BCUT2D eigenvalue weighted by atomic mass is 10.0. The van der Waals surface area contributed by atoms with E-state index in [1.165, 1.54) is 31.2 Å². The van der Waals surface area contributed by atoms with Crippen LogP contribution in [0.2, 0.25) is 0 Å². The Morgan fingerprint density at radius 3 is 2.10 bits per heavy atom. The van der Waals surface area contributed by atoms with Gasteiger partial charge in [-0.15, -0.1) is 0 Å². The largest absolute Gasteiger partial charge is 0.508 e. The number of aliphatic hydroxyl groups excluding tert-OH is 1. The van der Waals surface area contributed by atoms with Crippen molar-refractivity contribution in [1.82, 2.24) is 20.9 Å². The molecule has 14 heteroatoms. The third-order valence-corrected chi connectivity index (χ3v) is 6.55. The number of amides is 4. The molecule has 5 atom stereocenters. The van der Waals surface area contributed by atoms with Gasteiger partial charge in [0, 0.05) is 29.9 Å². The minimum Gasteiger partial charge on any atom is -0.508 e. The lowest BCUT2D eigenvalue weighted by molar-refractivity contribution is -0.145. The number of para-hydroxylation sites is 1. The number of H-pyrrole nitrogens is 1. The number of hydrogen-bond acceptors (Lipinski definition) is 8. The summed E-state index contributed by atoms with van der Waals surface area (Å²) in [6.07, 6.45) is -0.424. The minimum atomic E-state index is -1.65. The van der Waals surface area contributed by atoms with Crippen LogP contribution in [-0.4, -0.2) is 80.2 Å². The molecule has 0 aliphatic heterocycles. The predicted octanol–water partition coefficient (Wildman–Crippen LogP) is -1.22. The number of aromatic nitrogens is 1. The zero-order valence-corrected chi connectivity index (χ0v) is 22.7. The van der Waals surface area contributed by atoms with E-state index in [0.717, 1.165) is 10.9 Å². The number of hydrogen-bond donors (Lipinski definition) is 9. The smallest absolute Gasteiger partial charge is 0.328 e. The number of aromatic hydroxyl groups is 1. The number of phenolic OH excluding ortho intramolecular Hbond substituents is 1. The average Bonchev–Trinajstić information content (AvgIpc) is 3.33. The van der Waals surface area contributed by atoms with Crippen LogP contribution in [0.4, 0.5) is 0 Å². The summed E-state index contributed by atoms with van der Waals surface area (Å²) in [4.78, 5) is 65.6. The summed E-state index contributed by atoms with van der Waals surface area (Å²) >= 11 is 0. The van der Waals surface area contributed by atoms with Crippen molar-refractivity contribution in [2.75, 3.05) is 0 Å². The first kappa shape index (κ1) is 31.6. The summed E-state index contributed by atoms with van der Waals surface area (Å²) < 4.78 is 0. The van der Waals surface area contributed by atoms with Gasteiger partial charge in [-0.1, -0.05) is 30.3 Å². The maximum Gasteiger partial charge on any atom is 0.328 e. The number of nitrogens with two attached hydrogens (primary N) is 2. The first-order chi connectivity index (χ1) is 19.8. The molecule has 2 aromatic carbocycles. The third kappa shape index (κ3) is 8.52. The van der Waals surface area contributed by atoms with E-state index in [1.807, 2.05) is 18.2 Å². The Balaban J connectivity index is 1.91. The van der Waals surface area contributed by atoms with Crippen LogP contribution in [0.15, 0.2) is 54.7 Å². The number of aromatic amines is 1. The molecule has 0 spiro atoms. The predicted molar refractivity (Wildman–Crippen MR) is 151 cm³/mol. The number of carboxylic acids is 1. The number of carbonyl (C=O) groups excluding carboxylic acids is 4. The molecule has 1 heterocycles. The summed E-state index contributed by atoms with van der Waals surface area (Å²) in [7, 11) is 0. The molecule has 1 aromatic heterocycles. The molecule has 5 unspecified atom stereocenters. The topological polar surface area (TPSA) is 250 Å². The number of aliphatic carboxylic acids is 1. The normalized spacial score (nSPS) is 14.6. The van der Waals surface area contributed by atoms with Gasteiger partial charge < -0.3 is 47.7 Å². The number of carbonyl (C=O) groups is 5. The van der Waals surface area contributed by atoms with Crippen molar-refractivity contribution in [1.29, 1.82) is 0 Å². The molecular weight excluding hydrogens is 548 g/mol. The Bertz CT molecular complexity index is 1440. The van der Waals surface area contributed by atoms with Crippen LogP contribution in [0.25, 0.3) is 10.9 Å². The number of primary amides is 1. The number of phenols is 1. The van der Waals surface area contributed by atoms with E-state index in [-0.39, 0.29) is 18.6 Å². The Morgan fingerprint density at radius 2 is 1.48 bits per heavy atom. The van der Waals surface area contributed by atoms with E-state index in [0.29, 0.717) is 11.1 Å². The van der Waals surface area contributed by atoms with Crippen molar-refractivity contribution in [3.05, 3.63) is 65.9 Å². The molecule has 0 saturated carbocycles. The molecule has 0 aliphatic carbocycles. The first-order valence-electron chi connectivity index (χ1n) is 13.0. The second-order valence-corrected chi connectivity index (χ2v) is 9.90. The zero-order valence-electron chi connectivity index (χ0n) is 22.7. The van der Waals surface area contributed by atoms with Crippen LogP contribution >= 0.6 is 0 Å². The summed E-state index contributed by atoms with van der Waals surface area (Å²) in [5.41, 5.74) is 12.8. The monoisotopic (exact) mass is 582 g/mol. The lowest BCUT2D eigenvalue weighted by Gasteiger charge is -2.26. The molecule has 224 valence electrons. The van der Waals surface area contributed by atoms with Crippen molar-refractivity contribution in [2.45, 2.75) is 56.5 Å². The number of carboxylic acid groups (broad SMARTS) is 1. The molecular formula is C28H34N6O8. The van der Waals surface area contributed by atoms with Gasteiger partial charge in [0.15, 0.2) is 6.04 Å². The van der Waals surface area contributed by atoms with Gasteiger partial charge in [0.2, 0.25) is 23.6 Å². The van der Waals surface area contributed by atoms with Gasteiger partial charge >= 0.3 is 5.97 Å². The molecule has 0 bridgehead atoms. The molecule has 11 N–H and O–H groups in total. The minimum absolute atomic E-state index is 0.0196. The summed E-state index contributed by atoms with van der Waals surface area (Å²) in [5, 5.41) is 37.0. The highest BCUT2D eigenvalue weighted by Gasteiger charge is 2.32. The van der Waals surface area contributed by atoms with Crippen molar-refractivity contribution < 1.29 is 39.3 Å². The molecule has 14 nitrogen and oxygen atoms in total. The molecule has 0 aliphatic rings. The highest BCUT2D eigenvalue weighted by atomic mass is 16.4. The number of benzene rings is 2. The Morgan fingerprint density at radius 1 is 0.881 bits per heavy atom. The van der Waals surface area contributed by atoms with Crippen LogP contribution in [0.1, 0.15) is 24.5 Å². The quantitative estimate of drug-likeness (QED) is 0.110. The second-order valence-electron chi connectivity index (χ2n) is 9.90. The van der Waals surface area contributed by atoms with Crippen molar-refractivity contribution >= 4 is 40.5 Å².